The van der Waals surface area contributed by atoms with E-state index in [2.05, 4.69) is 22.2 Å². The minimum atomic E-state index is -2.96. The number of carbonyl (C=O) groups excluding carboxylic acids is 1. The van der Waals surface area contributed by atoms with E-state index in [1.165, 1.54) is 6.26 Å². The molecule has 0 aromatic carbocycles. The molecular formula is C16H29ClN4O3S. The van der Waals surface area contributed by atoms with Crippen LogP contribution in [0.15, 0.2) is 12.3 Å². The van der Waals surface area contributed by atoms with Gasteiger partial charge in [-0.25, -0.2) is 8.42 Å². The van der Waals surface area contributed by atoms with Gasteiger partial charge in [0.15, 0.2) is 0 Å². The van der Waals surface area contributed by atoms with Crippen molar-refractivity contribution in [2.45, 2.75) is 39.3 Å². The fourth-order valence-corrected chi connectivity index (χ4v) is 3.81. The molecule has 1 aliphatic heterocycles. The lowest BCUT2D eigenvalue weighted by Gasteiger charge is -2.19. The molecule has 1 amide bonds. The number of likely N-dealkylation sites (tertiary alicyclic amines) is 1. The molecule has 1 aliphatic rings. The van der Waals surface area contributed by atoms with Crippen molar-refractivity contribution < 1.29 is 13.2 Å². The van der Waals surface area contributed by atoms with Crippen molar-refractivity contribution in [2.24, 2.45) is 5.92 Å². The Morgan fingerprint density at radius 3 is 2.68 bits per heavy atom. The molecule has 2 heterocycles. The molecule has 1 fully saturated rings. The number of hydrogen-bond acceptors (Lipinski definition) is 5. The molecule has 144 valence electrons. The van der Waals surface area contributed by atoms with Crippen LogP contribution in [0.2, 0.25) is 0 Å². The van der Waals surface area contributed by atoms with Crippen LogP contribution in [0.5, 0.6) is 0 Å². The number of carbonyl (C=O) groups is 1. The van der Waals surface area contributed by atoms with Gasteiger partial charge in [-0.15, -0.1) is 12.4 Å². The Bertz CT molecular complexity index is 662. The van der Waals surface area contributed by atoms with Crippen molar-refractivity contribution in [1.82, 2.24) is 20.0 Å². The molecule has 2 atom stereocenters. The van der Waals surface area contributed by atoms with E-state index >= 15 is 0 Å². The topological polar surface area (TPSA) is 84.3 Å². The van der Waals surface area contributed by atoms with Gasteiger partial charge in [0.1, 0.15) is 16.4 Å². The first-order valence-electron chi connectivity index (χ1n) is 8.46. The molecule has 1 aromatic heterocycles. The zero-order valence-electron chi connectivity index (χ0n) is 15.1. The average molecular weight is 393 g/mol. The monoisotopic (exact) mass is 392 g/mol. The van der Waals surface area contributed by atoms with E-state index in [9.17, 15) is 13.2 Å². The van der Waals surface area contributed by atoms with Crippen LogP contribution in [0.3, 0.4) is 0 Å². The molecule has 0 aliphatic carbocycles. The Balaban J connectivity index is 0.00000312. The third-order valence-electron chi connectivity index (χ3n) is 4.52. The maximum absolute atomic E-state index is 12.3. The largest absolute Gasteiger partial charge is 0.350 e. The zero-order chi connectivity index (χ0) is 17.7. The number of aryl methyl sites for hydroxylation is 1. The minimum Gasteiger partial charge on any atom is -0.350 e. The lowest BCUT2D eigenvalue weighted by atomic mass is 9.98. The number of amides is 1. The smallest absolute Gasteiger partial charge is 0.242 e. The Labute approximate surface area is 156 Å². The third-order valence-corrected chi connectivity index (χ3v) is 5.45. The maximum atomic E-state index is 12.3. The van der Waals surface area contributed by atoms with Crippen LogP contribution in [-0.2, 0) is 21.2 Å². The number of sulfone groups is 1. The summed E-state index contributed by atoms with van der Waals surface area (Å²) in [5.74, 6) is 0.494. The Morgan fingerprint density at radius 1 is 1.40 bits per heavy atom. The predicted molar refractivity (Wildman–Crippen MR) is 101 cm³/mol. The molecule has 0 bridgehead atoms. The van der Waals surface area contributed by atoms with Gasteiger partial charge in [-0.05, 0) is 25.3 Å². The van der Waals surface area contributed by atoms with E-state index in [-0.39, 0.29) is 36.7 Å². The summed E-state index contributed by atoms with van der Waals surface area (Å²) in [4.78, 5) is 14.5. The maximum Gasteiger partial charge on any atom is 0.242 e. The van der Waals surface area contributed by atoms with E-state index < -0.39 is 9.84 Å². The highest BCUT2D eigenvalue weighted by molar-refractivity contribution is 7.90. The second-order valence-electron chi connectivity index (χ2n) is 6.74. The highest BCUT2D eigenvalue weighted by Crippen LogP contribution is 2.21. The van der Waals surface area contributed by atoms with Crippen molar-refractivity contribution in [3.8, 4) is 0 Å². The number of nitrogens with zero attached hydrogens (tertiary/aromatic N) is 3. The second-order valence-corrected chi connectivity index (χ2v) is 9.00. The number of aromatic nitrogens is 2. The van der Waals surface area contributed by atoms with Crippen molar-refractivity contribution >= 4 is 28.2 Å². The lowest BCUT2D eigenvalue weighted by Crippen LogP contribution is -2.42. The number of hydrogen-bond donors (Lipinski definition) is 1. The van der Waals surface area contributed by atoms with Crippen LogP contribution in [-0.4, -0.2) is 66.7 Å². The summed E-state index contributed by atoms with van der Waals surface area (Å²) in [7, 11) is -2.96. The van der Waals surface area contributed by atoms with E-state index in [1.54, 1.807) is 10.9 Å². The first kappa shape index (κ1) is 21.9. The number of rotatable bonds is 8. The van der Waals surface area contributed by atoms with E-state index in [0.717, 1.165) is 25.1 Å². The van der Waals surface area contributed by atoms with Crippen LogP contribution in [0.4, 0.5) is 0 Å². The summed E-state index contributed by atoms with van der Waals surface area (Å²) in [5, 5.41) is 7.25. The highest BCUT2D eigenvalue weighted by Gasteiger charge is 2.33. The van der Waals surface area contributed by atoms with Gasteiger partial charge in [0.25, 0.3) is 0 Å². The first-order valence-corrected chi connectivity index (χ1v) is 10.5. The van der Waals surface area contributed by atoms with Crippen LogP contribution in [0.1, 0.15) is 25.5 Å². The summed E-state index contributed by atoms with van der Waals surface area (Å²) < 4.78 is 24.4. The van der Waals surface area contributed by atoms with Gasteiger partial charge in [-0.3, -0.25) is 14.4 Å². The van der Waals surface area contributed by atoms with Gasteiger partial charge in [0.2, 0.25) is 5.91 Å². The number of nitrogens with one attached hydrogen (secondary N) is 1. The average Bonchev–Trinajstić information content (AvgIpc) is 3.04. The van der Waals surface area contributed by atoms with Crippen molar-refractivity contribution in [3.63, 3.8) is 0 Å². The molecule has 7 nitrogen and oxygen atoms in total. The van der Waals surface area contributed by atoms with Crippen molar-refractivity contribution in [1.29, 1.82) is 0 Å². The summed E-state index contributed by atoms with van der Waals surface area (Å²) in [5.41, 5.74) is 0.955. The molecule has 0 saturated carbocycles. The van der Waals surface area contributed by atoms with Gasteiger partial charge in [0, 0.05) is 43.8 Å². The quantitative estimate of drug-likeness (QED) is 0.709. The molecule has 0 radical (unpaired) electrons. The van der Waals surface area contributed by atoms with Gasteiger partial charge in [-0.1, -0.05) is 13.3 Å². The Morgan fingerprint density at radius 2 is 2.12 bits per heavy atom. The summed E-state index contributed by atoms with van der Waals surface area (Å²) in [6.45, 7) is 6.36. The molecule has 25 heavy (non-hydrogen) atoms. The summed E-state index contributed by atoms with van der Waals surface area (Å²) in [6.07, 6.45) is 5.03. The zero-order valence-corrected chi connectivity index (χ0v) is 16.8. The van der Waals surface area contributed by atoms with Crippen LogP contribution < -0.4 is 5.32 Å². The molecule has 9 heteroatoms. The van der Waals surface area contributed by atoms with Gasteiger partial charge in [0.05, 0.1) is 5.75 Å². The van der Waals surface area contributed by atoms with Crippen molar-refractivity contribution in [3.05, 3.63) is 18.0 Å². The molecule has 1 aromatic rings. The van der Waals surface area contributed by atoms with Gasteiger partial charge in [-0.2, -0.15) is 5.10 Å². The lowest BCUT2D eigenvalue weighted by molar-refractivity contribution is -0.122. The van der Waals surface area contributed by atoms with E-state index in [0.29, 0.717) is 19.0 Å². The van der Waals surface area contributed by atoms with E-state index in [1.807, 2.05) is 13.0 Å². The van der Waals surface area contributed by atoms with Crippen molar-refractivity contribution in [2.75, 3.05) is 31.6 Å². The van der Waals surface area contributed by atoms with Crippen LogP contribution in [0.25, 0.3) is 0 Å². The van der Waals surface area contributed by atoms with Gasteiger partial charge < -0.3 is 5.32 Å². The molecule has 1 saturated heterocycles. The fourth-order valence-electron chi connectivity index (χ4n) is 3.22. The normalized spacial score (nSPS) is 21.1. The minimum absolute atomic E-state index is 0. The van der Waals surface area contributed by atoms with Crippen LogP contribution in [0, 0.1) is 12.8 Å². The third kappa shape index (κ3) is 6.95. The predicted octanol–water partition coefficient (Wildman–Crippen LogP) is 0.875. The van der Waals surface area contributed by atoms with Gasteiger partial charge >= 0.3 is 0 Å². The number of halogens is 1. The molecule has 1 N–H and O–H groups in total. The van der Waals surface area contributed by atoms with Crippen LogP contribution >= 0.6 is 12.4 Å². The summed E-state index contributed by atoms with van der Waals surface area (Å²) in [6, 6.07) is 1.95. The standard InChI is InChI=1S/C16H28N4O3S.ClH/c1-4-5-14-10-19(8-9-24(3,22)23)11-15(14)18-16(21)12-20-13(2)6-7-17-20;/h6-7,14-15H,4-5,8-12H2,1-3H3,(H,18,21);1H/t14-,15-;/m0./s1. The Hall–Kier alpha value is -1.12. The second kappa shape index (κ2) is 9.54. The first-order chi connectivity index (χ1) is 11.3. The summed E-state index contributed by atoms with van der Waals surface area (Å²) >= 11 is 0. The molecular weight excluding hydrogens is 364 g/mol. The fraction of sp³-hybridized carbons (Fsp3) is 0.750. The molecule has 2 rings (SSSR count). The molecule has 0 spiro atoms. The Kier molecular flexibility index (Phi) is 8.37. The SMILES string of the molecule is CCC[C@H]1CN(CCS(C)(=O)=O)C[C@@H]1NC(=O)Cn1nccc1C.Cl. The highest BCUT2D eigenvalue weighted by atomic mass is 35.5. The van der Waals surface area contributed by atoms with E-state index in [4.69, 9.17) is 0 Å². The molecule has 0 unspecified atom stereocenters.